The van der Waals surface area contributed by atoms with E-state index in [0.717, 1.165) is 6.42 Å². The van der Waals surface area contributed by atoms with Crippen molar-refractivity contribution in [1.29, 1.82) is 0 Å². The first-order valence-corrected chi connectivity index (χ1v) is 5.62. The SMILES string of the molecule is CC/C=C/c1cccc(CCCC)c1. The third kappa shape index (κ3) is 3.78. The van der Waals surface area contributed by atoms with Crippen molar-refractivity contribution in [2.45, 2.75) is 39.5 Å². The fourth-order valence-corrected chi connectivity index (χ4v) is 1.49. The van der Waals surface area contributed by atoms with Crippen molar-refractivity contribution in [3.8, 4) is 0 Å². The van der Waals surface area contributed by atoms with E-state index in [1.807, 2.05) is 0 Å². The molecule has 0 aliphatic rings. The lowest BCUT2D eigenvalue weighted by atomic mass is 10.1. The van der Waals surface area contributed by atoms with Crippen LogP contribution in [0.4, 0.5) is 0 Å². The van der Waals surface area contributed by atoms with Crippen LogP contribution >= 0.6 is 0 Å². The predicted octanol–water partition coefficient (Wildman–Crippen LogP) is 4.45. The lowest BCUT2D eigenvalue weighted by Crippen LogP contribution is -1.84. The highest BCUT2D eigenvalue weighted by atomic mass is 14.0. The van der Waals surface area contributed by atoms with Gasteiger partial charge in [0.05, 0.1) is 0 Å². The fraction of sp³-hybridized carbons (Fsp3) is 0.429. The summed E-state index contributed by atoms with van der Waals surface area (Å²) in [7, 11) is 0. The molecule has 0 saturated heterocycles. The smallest absolute Gasteiger partial charge is 0.0257 e. The quantitative estimate of drug-likeness (QED) is 0.640. The van der Waals surface area contributed by atoms with Crippen LogP contribution in [-0.4, -0.2) is 0 Å². The second kappa shape index (κ2) is 6.42. The third-order valence-electron chi connectivity index (χ3n) is 2.32. The van der Waals surface area contributed by atoms with Gasteiger partial charge in [0.1, 0.15) is 0 Å². The average molecular weight is 188 g/mol. The van der Waals surface area contributed by atoms with Crippen LogP contribution in [0.25, 0.3) is 6.08 Å². The molecule has 0 aliphatic heterocycles. The number of aryl methyl sites for hydroxylation is 1. The maximum absolute atomic E-state index is 2.29. The van der Waals surface area contributed by atoms with E-state index >= 15 is 0 Å². The molecule has 0 heterocycles. The van der Waals surface area contributed by atoms with Crippen LogP contribution < -0.4 is 0 Å². The van der Waals surface area contributed by atoms with Crippen molar-refractivity contribution in [3.05, 3.63) is 41.5 Å². The average Bonchev–Trinajstić information content (AvgIpc) is 2.24. The van der Waals surface area contributed by atoms with Crippen LogP contribution in [0.3, 0.4) is 0 Å². The molecule has 0 atom stereocenters. The van der Waals surface area contributed by atoms with Crippen LogP contribution in [0, 0.1) is 0 Å². The van der Waals surface area contributed by atoms with E-state index < -0.39 is 0 Å². The molecule has 0 saturated carbocycles. The lowest BCUT2D eigenvalue weighted by molar-refractivity contribution is 0.795. The zero-order valence-electron chi connectivity index (χ0n) is 9.29. The van der Waals surface area contributed by atoms with Crippen LogP contribution in [-0.2, 0) is 6.42 Å². The molecule has 1 aromatic carbocycles. The van der Waals surface area contributed by atoms with Gasteiger partial charge in [-0.05, 0) is 30.4 Å². The Morgan fingerprint density at radius 2 is 2.07 bits per heavy atom. The molecule has 14 heavy (non-hydrogen) atoms. The molecule has 1 aromatic rings. The summed E-state index contributed by atoms with van der Waals surface area (Å²) in [5.74, 6) is 0. The topological polar surface area (TPSA) is 0 Å². The Morgan fingerprint density at radius 3 is 2.79 bits per heavy atom. The highest BCUT2D eigenvalue weighted by Crippen LogP contribution is 2.10. The van der Waals surface area contributed by atoms with E-state index in [4.69, 9.17) is 0 Å². The number of hydrogen-bond acceptors (Lipinski definition) is 0. The first-order valence-electron chi connectivity index (χ1n) is 5.62. The summed E-state index contributed by atoms with van der Waals surface area (Å²) in [5.41, 5.74) is 2.80. The van der Waals surface area contributed by atoms with Crippen LogP contribution in [0.2, 0.25) is 0 Å². The van der Waals surface area contributed by atoms with E-state index in [1.54, 1.807) is 0 Å². The number of unbranched alkanes of at least 4 members (excludes halogenated alkanes) is 1. The van der Waals surface area contributed by atoms with E-state index in [-0.39, 0.29) is 0 Å². The predicted molar refractivity (Wildman–Crippen MR) is 64.4 cm³/mol. The zero-order valence-corrected chi connectivity index (χ0v) is 9.29. The van der Waals surface area contributed by atoms with Gasteiger partial charge in [0, 0.05) is 0 Å². The van der Waals surface area contributed by atoms with Crippen LogP contribution in [0.5, 0.6) is 0 Å². The lowest BCUT2D eigenvalue weighted by Gasteiger charge is -2.00. The molecule has 0 nitrogen and oxygen atoms in total. The van der Waals surface area contributed by atoms with Crippen molar-refractivity contribution >= 4 is 6.08 Å². The second-order valence-electron chi connectivity index (χ2n) is 3.66. The van der Waals surface area contributed by atoms with Crippen LogP contribution in [0.15, 0.2) is 30.3 Å². The van der Waals surface area contributed by atoms with E-state index in [9.17, 15) is 0 Å². The van der Waals surface area contributed by atoms with E-state index in [2.05, 4.69) is 50.3 Å². The molecule has 0 fully saturated rings. The Morgan fingerprint density at radius 1 is 1.21 bits per heavy atom. The fourth-order valence-electron chi connectivity index (χ4n) is 1.49. The summed E-state index contributed by atoms with van der Waals surface area (Å²) in [4.78, 5) is 0. The summed E-state index contributed by atoms with van der Waals surface area (Å²) in [6.45, 7) is 4.40. The molecule has 0 radical (unpaired) electrons. The molecule has 0 amide bonds. The highest BCUT2D eigenvalue weighted by molar-refractivity contribution is 5.50. The van der Waals surface area contributed by atoms with Gasteiger partial charge in [0.15, 0.2) is 0 Å². The van der Waals surface area contributed by atoms with Crippen molar-refractivity contribution in [1.82, 2.24) is 0 Å². The van der Waals surface area contributed by atoms with Gasteiger partial charge in [0.25, 0.3) is 0 Å². The van der Waals surface area contributed by atoms with Gasteiger partial charge >= 0.3 is 0 Å². The maximum Gasteiger partial charge on any atom is -0.0257 e. The summed E-state index contributed by atoms with van der Waals surface area (Å²) in [6, 6.07) is 8.84. The molecular weight excluding hydrogens is 168 g/mol. The molecule has 0 spiro atoms. The summed E-state index contributed by atoms with van der Waals surface area (Å²) < 4.78 is 0. The first-order chi connectivity index (χ1) is 6.86. The van der Waals surface area contributed by atoms with Crippen LogP contribution in [0.1, 0.15) is 44.2 Å². The molecule has 0 aromatic heterocycles. The van der Waals surface area contributed by atoms with Gasteiger partial charge in [-0.15, -0.1) is 0 Å². The summed E-state index contributed by atoms with van der Waals surface area (Å²) in [6.07, 6.45) is 9.30. The highest BCUT2D eigenvalue weighted by Gasteiger charge is 1.92. The molecule has 0 unspecified atom stereocenters. The Bertz CT molecular complexity index is 284. The van der Waals surface area contributed by atoms with Gasteiger partial charge in [0.2, 0.25) is 0 Å². The summed E-state index contributed by atoms with van der Waals surface area (Å²) >= 11 is 0. The Kier molecular flexibility index (Phi) is 5.06. The minimum absolute atomic E-state index is 1.11. The van der Waals surface area contributed by atoms with Gasteiger partial charge in [-0.3, -0.25) is 0 Å². The molecule has 1 rings (SSSR count). The number of rotatable bonds is 5. The minimum Gasteiger partial charge on any atom is -0.0842 e. The van der Waals surface area contributed by atoms with Crippen molar-refractivity contribution in [2.75, 3.05) is 0 Å². The Labute approximate surface area is 87.7 Å². The van der Waals surface area contributed by atoms with Crippen molar-refractivity contribution in [2.24, 2.45) is 0 Å². The maximum atomic E-state index is 2.29. The van der Waals surface area contributed by atoms with E-state index in [0.29, 0.717) is 0 Å². The number of allylic oxidation sites excluding steroid dienone is 1. The Hall–Kier alpha value is -1.04. The van der Waals surface area contributed by atoms with Crippen molar-refractivity contribution < 1.29 is 0 Å². The molecule has 0 bridgehead atoms. The summed E-state index contributed by atoms with van der Waals surface area (Å²) in [5, 5.41) is 0. The second-order valence-corrected chi connectivity index (χ2v) is 3.66. The van der Waals surface area contributed by atoms with Gasteiger partial charge in [-0.1, -0.05) is 56.7 Å². The molecule has 0 heteroatoms. The normalized spacial score (nSPS) is 11.0. The number of benzene rings is 1. The zero-order chi connectivity index (χ0) is 10.2. The van der Waals surface area contributed by atoms with Gasteiger partial charge in [-0.25, -0.2) is 0 Å². The first kappa shape index (κ1) is 11.0. The number of hydrogen-bond donors (Lipinski definition) is 0. The van der Waals surface area contributed by atoms with Gasteiger partial charge < -0.3 is 0 Å². The standard InChI is InChI=1S/C14H20/c1-3-5-8-13-10-7-11-14(12-13)9-6-4-2/h5,7-8,10-12H,3-4,6,9H2,1-2H3/b8-5+. The largest absolute Gasteiger partial charge is 0.0842 e. The molecule has 0 aliphatic carbocycles. The molecule has 0 N–H and O–H groups in total. The van der Waals surface area contributed by atoms with Crippen molar-refractivity contribution in [3.63, 3.8) is 0 Å². The molecule has 76 valence electrons. The monoisotopic (exact) mass is 188 g/mol. The third-order valence-corrected chi connectivity index (χ3v) is 2.32. The molecular formula is C14H20. The van der Waals surface area contributed by atoms with E-state index in [1.165, 1.54) is 30.4 Å². The van der Waals surface area contributed by atoms with Gasteiger partial charge in [-0.2, -0.15) is 0 Å². The Balaban J connectivity index is 2.63. The minimum atomic E-state index is 1.11.